The number of hydrogen-bond acceptors (Lipinski definition) is 1. The second-order valence-corrected chi connectivity index (χ2v) is 7.70. The van der Waals surface area contributed by atoms with E-state index in [1.165, 1.54) is 10.9 Å². The largest absolute Gasteiger partial charge is 0.361 e. The molecule has 1 fully saturated rings. The highest BCUT2D eigenvalue weighted by Gasteiger charge is 2.51. The van der Waals surface area contributed by atoms with Gasteiger partial charge in [-0.3, -0.25) is 4.99 Å². The molecule has 0 radical (unpaired) electrons. The number of halogens is 1. The second kappa shape index (κ2) is 6.25. The number of para-hydroxylation sites is 1. The summed E-state index contributed by atoms with van der Waals surface area (Å²) in [6.45, 7) is 16.4. The smallest absolute Gasteiger partial charge is 0.0669 e. The Bertz CT molecular complexity index is 790. The number of nitrogens with zero attached hydrogens (tertiary/aromatic N) is 1. The van der Waals surface area contributed by atoms with E-state index >= 15 is 0 Å². The number of rotatable bonds is 4. The molecule has 1 aliphatic carbocycles. The van der Waals surface area contributed by atoms with E-state index in [0.717, 1.165) is 17.5 Å². The maximum Gasteiger partial charge on any atom is 0.0669 e. The molecule has 0 bridgehead atoms. The van der Waals surface area contributed by atoms with Crippen LogP contribution in [0.5, 0.6) is 0 Å². The molecule has 1 aromatic carbocycles. The molecule has 3 rings (SSSR count). The fraction of sp³-hybridized carbons (Fsp3) is 0.381. The lowest BCUT2D eigenvalue weighted by Crippen LogP contribution is -2.49. The molecule has 1 saturated carbocycles. The quantitative estimate of drug-likeness (QED) is 0.419. The van der Waals surface area contributed by atoms with E-state index in [1.54, 1.807) is 0 Å². The number of aliphatic imine (C=N–C) groups is 1. The maximum absolute atomic E-state index is 6.77. The van der Waals surface area contributed by atoms with Crippen LogP contribution in [0, 0.1) is 11.3 Å². The Morgan fingerprint density at radius 3 is 2.75 bits per heavy atom. The Morgan fingerprint density at radius 1 is 1.42 bits per heavy atom. The van der Waals surface area contributed by atoms with Gasteiger partial charge in [-0.25, -0.2) is 0 Å². The SMILES string of the molecule is C=C[C@]1(C)[C@H](Cl)C[C@H](C(=C)C)[C@@H](c2c[nH]c3ccccc23)[C@H]1N=C. The molecule has 0 amide bonds. The summed E-state index contributed by atoms with van der Waals surface area (Å²) in [6.07, 6.45) is 4.94. The number of nitrogens with one attached hydrogen (secondary N) is 1. The average Bonchev–Trinajstić information content (AvgIpc) is 3.00. The Hall–Kier alpha value is -1.80. The molecule has 2 aromatic rings. The highest BCUT2D eigenvalue weighted by atomic mass is 35.5. The number of allylic oxidation sites excluding steroid dienone is 1. The summed E-state index contributed by atoms with van der Waals surface area (Å²) in [5.41, 5.74) is 3.27. The zero-order valence-corrected chi connectivity index (χ0v) is 15.2. The lowest BCUT2D eigenvalue weighted by atomic mass is 9.59. The van der Waals surface area contributed by atoms with Gasteiger partial charge in [0, 0.05) is 33.8 Å². The molecule has 0 spiro atoms. The van der Waals surface area contributed by atoms with Gasteiger partial charge in [0.1, 0.15) is 0 Å². The van der Waals surface area contributed by atoms with Crippen LogP contribution in [0.25, 0.3) is 10.9 Å². The van der Waals surface area contributed by atoms with Gasteiger partial charge in [-0.2, -0.15) is 0 Å². The van der Waals surface area contributed by atoms with E-state index in [0.29, 0.717) is 0 Å². The van der Waals surface area contributed by atoms with Crippen LogP contribution >= 0.6 is 11.6 Å². The molecular weight excluding hydrogens is 316 g/mol. The van der Waals surface area contributed by atoms with E-state index in [2.05, 4.69) is 68.1 Å². The Labute approximate surface area is 149 Å². The van der Waals surface area contributed by atoms with Crippen LogP contribution in [0.4, 0.5) is 0 Å². The Balaban J connectivity index is 2.21. The third kappa shape index (κ3) is 2.44. The van der Waals surface area contributed by atoms with Crippen molar-refractivity contribution in [2.24, 2.45) is 16.3 Å². The normalized spacial score (nSPS) is 33.3. The first kappa shape index (κ1) is 17.0. The van der Waals surface area contributed by atoms with Crippen LogP contribution in [-0.4, -0.2) is 23.1 Å². The van der Waals surface area contributed by atoms with Gasteiger partial charge in [-0.1, -0.05) is 43.4 Å². The number of hydrogen-bond donors (Lipinski definition) is 1. The van der Waals surface area contributed by atoms with Gasteiger partial charge in [-0.15, -0.1) is 18.2 Å². The van der Waals surface area contributed by atoms with Gasteiger partial charge in [0.05, 0.1) is 6.04 Å². The molecule has 3 heteroatoms. The summed E-state index contributed by atoms with van der Waals surface area (Å²) in [5, 5.41) is 1.20. The van der Waals surface area contributed by atoms with Crippen LogP contribution in [0.15, 0.2) is 60.3 Å². The molecule has 0 unspecified atom stereocenters. The molecule has 1 aromatic heterocycles. The van der Waals surface area contributed by atoms with Gasteiger partial charge < -0.3 is 4.98 Å². The lowest BCUT2D eigenvalue weighted by molar-refractivity contribution is 0.180. The summed E-state index contributed by atoms with van der Waals surface area (Å²) in [5.74, 6) is 0.462. The molecule has 24 heavy (non-hydrogen) atoms. The summed E-state index contributed by atoms with van der Waals surface area (Å²) < 4.78 is 0. The first-order valence-electron chi connectivity index (χ1n) is 8.39. The van der Waals surface area contributed by atoms with Crippen LogP contribution in [0.2, 0.25) is 0 Å². The van der Waals surface area contributed by atoms with Crippen molar-refractivity contribution in [3.8, 4) is 0 Å². The Kier molecular flexibility index (Phi) is 4.44. The minimum absolute atomic E-state index is 0.0337. The molecule has 5 atom stereocenters. The number of benzene rings is 1. The highest BCUT2D eigenvalue weighted by molar-refractivity contribution is 6.21. The molecule has 1 heterocycles. The maximum atomic E-state index is 6.77. The number of aromatic nitrogens is 1. The minimum Gasteiger partial charge on any atom is -0.361 e. The third-order valence-electron chi connectivity index (χ3n) is 5.80. The minimum atomic E-state index is -0.293. The number of aromatic amines is 1. The van der Waals surface area contributed by atoms with Crippen LogP contribution in [-0.2, 0) is 0 Å². The number of alkyl halides is 1. The van der Waals surface area contributed by atoms with Crippen molar-refractivity contribution >= 4 is 29.2 Å². The summed E-state index contributed by atoms with van der Waals surface area (Å²) >= 11 is 6.77. The van der Waals surface area contributed by atoms with E-state index in [1.807, 2.05) is 12.1 Å². The van der Waals surface area contributed by atoms with Crippen molar-refractivity contribution in [1.82, 2.24) is 4.98 Å². The van der Waals surface area contributed by atoms with Crippen LogP contribution in [0.3, 0.4) is 0 Å². The molecule has 0 aliphatic heterocycles. The van der Waals surface area contributed by atoms with E-state index in [9.17, 15) is 0 Å². The van der Waals surface area contributed by atoms with Gasteiger partial charge >= 0.3 is 0 Å². The molecule has 0 saturated heterocycles. The first-order chi connectivity index (χ1) is 11.4. The van der Waals surface area contributed by atoms with Crippen molar-refractivity contribution in [3.63, 3.8) is 0 Å². The predicted octanol–water partition coefficient (Wildman–Crippen LogP) is 5.72. The molecule has 1 N–H and O–H groups in total. The monoisotopic (exact) mass is 340 g/mol. The predicted molar refractivity (Wildman–Crippen MR) is 105 cm³/mol. The zero-order chi connectivity index (χ0) is 17.5. The number of fused-ring (bicyclic) bond motifs is 1. The topological polar surface area (TPSA) is 28.1 Å². The average molecular weight is 341 g/mol. The molecular formula is C21H25ClN2. The van der Waals surface area contributed by atoms with Gasteiger partial charge in [0.25, 0.3) is 0 Å². The summed E-state index contributed by atoms with van der Waals surface area (Å²) in [7, 11) is 0. The molecule has 126 valence electrons. The van der Waals surface area contributed by atoms with Gasteiger partial charge in [0.2, 0.25) is 0 Å². The van der Waals surface area contributed by atoms with Crippen molar-refractivity contribution < 1.29 is 0 Å². The zero-order valence-electron chi connectivity index (χ0n) is 14.4. The van der Waals surface area contributed by atoms with E-state index < -0.39 is 0 Å². The standard InChI is InChI=1S/C21H25ClN2/c1-6-21(4)18(22)11-15(13(2)3)19(20(21)23-5)16-12-24-17-10-8-7-9-14(16)17/h6-10,12,15,18-20,24H,1-2,5,11H2,3-4H3/t15-,18-,19+,20-,21-/m1/s1. The van der Waals surface area contributed by atoms with Crippen LogP contribution in [0.1, 0.15) is 31.7 Å². The van der Waals surface area contributed by atoms with E-state index in [-0.39, 0.29) is 28.7 Å². The Morgan fingerprint density at radius 2 is 2.12 bits per heavy atom. The highest BCUT2D eigenvalue weighted by Crippen LogP contribution is 2.54. The molecule has 2 nitrogen and oxygen atoms in total. The van der Waals surface area contributed by atoms with Gasteiger partial charge in [-0.05, 0) is 37.6 Å². The van der Waals surface area contributed by atoms with E-state index in [4.69, 9.17) is 11.6 Å². The summed E-state index contributed by atoms with van der Waals surface area (Å²) in [4.78, 5) is 7.93. The fourth-order valence-corrected chi connectivity index (χ4v) is 4.65. The third-order valence-corrected chi connectivity index (χ3v) is 6.44. The van der Waals surface area contributed by atoms with Crippen molar-refractivity contribution in [1.29, 1.82) is 0 Å². The summed E-state index contributed by atoms with van der Waals surface area (Å²) in [6, 6.07) is 8.35. The van der Waals surface area contributed by atoms with Crippen molar-refractivity contribution in [3.05, 3.63) is 60.8 Å². The molecule has 1 aliphatic rings. The second-order valence-electron chi connectivity index (χ2n) is 7.17. The fourth-order valence-electron chi connectivity index (χ4n) is 4.24. The van der Waals surface area contributed by atoms with Crippen LogP contribution < -0.4 is 0 Å². The first-order valence-corrected chi connectivity index (χ1v) is 8.82. The van der Waals surface area contributed by atoms with Crippen molar-refractivity contribution in [2.45, 2.75) is 37.6 Å². The van der Waals surface area contributed by atoms with Crippen molar-refractivity contribution in [2.75, 3.05) is 0 Å². The number of H-pyrrole nitrogens is 1. The van der Waals surface area contributed by atoms with Gasteiger partial charge in [0.15, 0.2) is 0 Å². The lowest BCUT2D eigenvalue weighted by Gasteiger charge is -2.49.